The van der Waals surface area contributed by atoms with Crippen LogP contribution in [0.15, 0.2) is 156 Å². The SMILES string of the molecule is Brc1cc(N(c2ccc3ccccc3c2)c2ccc3sc4ccccc4c3c2)cc(-n2c3ccccc3c3ccccc32)c1. The van der Waals surface area contributed by atoms with Crippen molar-refractivity contribution < 1.29 is 0 Å². The molecule has 0 aliphatic rings. The van der Waals surface area contributed by atoms with Crippen LogP contribution in [0.5, 0.6) is 0 Å². The first kappa shape index (κ1) is 25.6. The number of hydrogen-bond donors (Lipinski definition) is 0. The van der Waals surface area contributed by atoms with Crippen molar-refractivity contribution in [2.45, 2.75) is 0 Å². The molecule has 2 nitrogen and oxygen atoms in total. The Morgan fingerprint density at radius 3 is 1.86 bits per heavy atom. The second kappa shape index (κ2) is 10.1. The van der Waals surface area contributed by atoms with E-state index in [2.05, 4.69) is 177 Å². The first-order chi connectivity index (χ1) is 21.7. The molecular formula is C40H25BrN2S. The molecule has 2 aromatic heterocycles. The molecule has 208 valence electrons. The third kappa shape index (κ3) is 4.06. The Morgan fingerprint density at radius 1 is 0.455 bits per heavy atom. The fourth-order valence-corrected chi connectivity index (χ4v) is 8.19. The lowest BCUT2D eigenvalue weighted by Gasteiger charge is -2.27. The summed E-state index contributed by atoms with van der Waals surface area (Å²) in [5.41, 5.74) is 6.84. The molecule has 0 atom stereocenters. The van der Waals surface area contributed by atoms with Gasteiger partial charge in [-0.05, 0) is 77.5 Å². The van der Waals surface area contributed by atoms with Gasteiger partial charge in [-0.25, -0.2) is 0 Å². The van der Waals surface area contributed by atoms with Crippen molar-refractivity contribution >= 4 is 97.1 Å². The highest BCUT2D eigenvalue weighted by molar-refractivity contribution is 9.10. The Balaban J connectivity index is 1.31. The summed E-state index contributed by atoms with van der Waals surface area (Å²) in [7, 11) is 0. The van der Waals surface area contributed by atoms with E-state index in [-0.39, 0.29) is 0 Å². The van der Waals surface area contributed by atoms with Crippen LogP contribution in [0, 0.1) is 0 Å². The molecule has 4 heteroatoms. The topological polar surface area (TPSA) is 8.17 Å². The first-order valence-corrected chi connectivity index (χ1v) is 16.3. The molecule has 0 aliphatic heterocycles. The van der Waals surface area contributed by atoms with E-state index < -0.39 is 0 Å². The van der Waals surface area contributed by atoms with Crippen LogP contribution in [0.4, 0.5) is 17.1 Å². The van der Waals surface area contributed by atoms with Gasteiger partial charge in [0.15, 0.2) is 0 Å². The molecule has 0 spiro atoms. The second-order valence-corrected chi connectivity index (χ2v) is 13.2. The van der Waals surface area contributed by atoms with Gasteiger partial charge >= 0.3 is 0 Å². The molecule has 0 fully saturated rings. The van der Waals surface area contributed by atoms with Crippen LogP contribution in [0.2, 0.25) is 0 Å². The average molecular weight is 646 g/mol. The lowest BCUT2D eigenvalue weighted by atomic mass is 10.1. The summed E-state index contributed by atoms with van der Waals surface area (Å²) in [6, 6.07) is 55.0. The number of anilines is 3. The van der Waals surface area contributed by atoms with Crippen LogP contribution >= 0.6 is 27.3 Å². The highest BCUT2D eigenvalue weighted by atomic mass is 79.9. The standard InChI is InChI=1S/C40H25BrN2S/c41-28-22-31(24-32(23-28)43-37-14-6-3-11-33(37)34-12-4-7-15-38(34)43)42(29-18-17-26-9-1-2-10-27(26)21-29)30-19-20-40-36(25-30)35-13-5-8-16-39(35)44-40/h1-25H. The maximum absolute atomic E-state index is 3.91. The molecule has 9 rings (SSSR count). The summed E-state index contributed by atoms with van der Waals surface area (Å²) >= 11 is 5.76. The minimum atomic E-state index is 1.03. The molecule has 44 heavy (non-hydrogen) atoms. The zero-order valence-corrected chi connectivity index (χ0v) is 26.0. The smallest absolute Gasteiger partial charge is 0.0541 e. The minimum Gasteiger partial charge on any atom is -0.310 e. The Kier molecular flexibility index (Phi) is 5.87. The number of rotatable bonds is 4. The molecule has 0 bridgehead atoms. The van der Waals surface area contributed by atoms with E-state index in [4.69, 9.17) is 0 Å². The molecular weight excluding hydrogens is 620 g/mol. The maximum atomic E-state index is 3.91. The molecule has 0 unspecified atom stereocenters. The van der Waals surface area contributed by atoms with E-state index >= 15 is 0 Å². The molecule has 7 aromatic carbocycles. The van der Waals surface area contributed by atoms with E-state index in [1.807, 2.05) is 11.3 Å². The van der Waals surface area contributed by atoms with E-state index in [0.717, 1.165) is 27.2 Å². The number of hydrogen-bond acceptors (Lipinski definition) is 2. The minimum absolute atomic E-state index is 1.03. The summed E-state index contributed by atoms with van der Waals surface area (Å²) in [6.45, 7) is 0. The van der Waals surface area contributed by atoms with Crippen LogP contribution in [-0.4, -0.2) is 4.57 Å². The van der Waals surface area contributed by atoms with E-state index in [9.17, 15) is 0 Å². The van der Waals surface area contributed by atoms with Gasteiger partial charge in [0.1, 0.15) is 0 Å². The number of para-hydroxylation sites is 2. The first-order valence-electron chi connectivity index (χ1n) is 14.7. The highest BCUT2D eigenvalue weighted by Crippen LogP contribution is 2.43. The molecule has 0 saturated carbocycles. The van der Waals surface area contributed by atoms with Crippen molar-refractivity contribution in [1.82, 2.24) is 4.57 Å². The van der Waals surface area contributed by atoms with Crippen molar-refractivity contribution in [1.29, 1.82) is 0 Å². The lowest BCUT2D eigenvalue weighted by molar-refractivity contribution is 1.17. The van der Waals surface area contributed by atoms with Gasteiger partial charge in [0, 0.05) is 58.2 Å². The number of thiophene rings is 1. The largest absolute Gasteiger partial charge is 0.310 e. The van der Waals surface area contributed by atoms with Crippen molar-refractivity contribution in [3.05, 3.63) is 156 Å². The van der Waals surface area contributed by atoms with Gasteiger partial charge < -0.3 is 9.47 Å². The van der Waals surface area contributed by atoms with Crippen LogP contribution in [0.3, 0.4) is 0 Å². The molecule has 2 heterocycles. The molecule has 0 saturated heterocycles. The predicted molar refractivity (Wildman–Crippen MR) is 194 cm³/mol. The monoisotopic (exact) mass is 644 g/mol. The van der Waals surface area contributed by atoms with E-state index in [1.54, 1.807) is 0 Å². The number of nitrogens with zero attached hydrogens (tertiary/aromatic N) is 2. The molecule has 0 amide bonds. The molecule has 0 radical (unpaired) electrons. The van der Waals surface area contributed by atoms with E-state index in [0.29, 0.717) is 0 Å². The van der Waals surface area contributed by atoms with Gasteiger partial charge in [-0.1, -0.05) is 101 Å². The van der Waals surface area contributed by atoms with Gasteiger partial charge in [-0.2, -0.15) is 0 Å². The second-order valence-electron chi connectivity index (χ2n) is 11.2. The number of aromatic nitrogens is 1. The van der Waals surface area contributed by atoms with Crippen LogP contribution < -0.4 is 4.90 Å². The summed E-state index contributed by atoms with van der Waals surface area (Å²) in [5.74, 6) is 0. The van der Waals surface area contributed by atoms with Gasteiger partial charge in [0.05, 0.1) is 11.0 Å². The zero-order valence-electron chi connectivity index (χ0n) is 23.6. The fourth-order valence-electron chi connectivity index (χ4n) is 6.63. The summed E-state index contributed by atoms with van der Waals surface area (Å²) in [6.07, 6.45) is 0. The number of halogens is 1. The Hall–Kier alpha value is -4.90. The number of benzene rings is 7. The van der Waals surface area contributed by atoms with E-state index in [1.165, 1.54) is 52.8 Å². The maximum Gasteiger partial charge on any atom is 0.0541 e. The zero-order chi connectivity index (χ0) is 29.2. The van der Waals surface area contributed by atoms with Crippen molar-refractivity contribution in [3.8, 4) is 5.69 Å². The Morgan fingerprint density at radius 2 is 1.07 bits per heavy atom. The van der Waals surface area contributed by atoms with Crippen molar-refractivity contribution in [2.24, 2.45) is 0 Å². The summed E-state index contributed by atoms with van der Waals surface area (Å²) in [5, 5.41) is 7.54. The normalized spacial score (nSPS) is 11.8. The molecule has 9 aromatic rings. The third-order valence-electron chi connectivity index (χ3n) is 8.57. The van der Waals surface area contributed by atoms with Gasteiger partial charge in [0.2, 0.25) is 0 Å². The Bertz CT molecular complexity index is 2490. The van der Waals surface area contributed by atoms with Gasteiger partial charge in [0.25, 0.3) is 0 Å². The van der Waals surface area contributed by atoms with Crippen LogP contribution in [0.25, 0.3) is 58.4 Å². The number of fused-ring (bicyclic) bond motifs is 7. The predicted octanol–water partition coefficient (Wildman–Crippen LogP) is 12.5. The summed E-state index contributed by atoms with van der Waals surface area (Å²) in [4.78, 5) is 2.39. The van der Waals surface area contributed by atoms with Crippen LogP contribution in [0.1, 0.15) is 0 Å². The van der Waals surface area contributed by atoms with Gasteiger partial charge in [-0.3, -0.25) is 0 Å². The van der Waals surface area contributed by atoms with Crippen LogP contribution in [-0.2, 0) is 0 Å². The fraction of sp³-hybridized carbons (Fsp3) is 0. The summed E-state index contributed by atoms with van der Waals surface area (Å²) < 4.78 is 6.02. The van der Waals surface area contributed by atoms with Gasteiger partial charge in [-0.15, -0.1) is 11.3 Å². The average Bonchev–Trinajstić information content (AvgIpc) is 3.60. The Labute approximate surface area is 267 Å². The van der Waals surface area contributed by atoms with Crippen molar-refractivity contribution in [3.63, 3.8) is 0 Å². The van der Waals surface area contributed by atoms with Crippen molar-refractivity contribution in [2.75, 3.05) is 4.90 Å². The molecule has 0 N–H and O–H groups in total. The lowest BCUT2D eigenvalue weighted by Crippen LogP contribution is -2.10. The molecule has 0 aliphatic carbocycles. The third-order valence-corrected chi connectivity index (χ3v) is 10.2. The quantitative estimate of drug-likeness (QED) is 0.185. The highest BCUT2D eigenvalue weighted by Gasteiger charge is 2.19.